The van der Waals surface area contributed by atoms with Crippen molar-refractivity contribution in [3.63, 3.8) is 0 Å². The molecule has 1 aromatic carbocycles. The normalized spacial score (nSPS) is 15.5. The van der Waals surface area contributed by atoms with Crippen LogP contribution in [0.25, 0.3) is 0 Å². The number of hydrogen-bond acceptors (Lipinski definition) is 6. The van der Waals surface area contributed by atoms with Crippen LogP contribution in [0.2, 0.25) is 0 Å². The number of ketones is 1. The van der Waals surface area contributed by atoms with Gasteiger partial charge in [0.25, 0.3) is 0 Å². The van der Waals surface area contributed by atoms with Crippen LogP contribution in [0.1, 0.15) is 34.5 Å². The number of nitrogen functional groups attached to an aromatic ring is 1. The molecule has 24 heavy (non-hydrogen) atoms. The second-order valence-electron chi connectivity index (χ2n) is 6.35. The summed E-state index contributed by atoms with van der Waals surface area (Å²) in [4.78, 5) is 23.0. The molecule has 1 saturated heterocycles. The fourth-order valence-corrected chi connectivity index (χ4v) is 3.13. The zero-order chi connectivity index (χ0) is 17.1. The van der Waals surface area contributed by atoms with E-state index in [4.69, 9.17) is 11.5 Å². The predicted molar refractivity (Wildman–Crippen MR) is 95.1 cm³/mol. The first-order valence-electron chi connectivity index (χ1n) is 8.24. The Kier molecular flexibility index (Phi) is 4.76. The molecule has 1 aliphatic heterocycles. The van der Waals surface area contributed by atoms with Crippen molar-refractivity contribution in [2.24, 2.45) is 5.73 Å². The van der Waals surface area contributed by atoms with Gasteiger partial charge in [0, 0.05) is 43.6 Å². The lowest BCUT2D eigenvalue weighted by Gasteiger charge is -2.33. The summed E-state index contributed by atoms with van der Waals surface area (Å²) in [5, 5.41) is 0. The Morgan fingerprint density at radius 1 is 1.25 bits per heavy atom. The Morgan fingerprint density at radius 3 is 2.67 bits per heavy atom. The van der Waals surface area contributed by atoms with E-state index in [1.807, 2.05) is 6.92 Å². The second kappa shape index (κ2) is 6.97. The van der Waals surface area contributed by atoms with E-state index in [1.54, 1.807) is 0 Å². The Bertz CT molecular complexity index is 738. The summed E-state index contributed by atoms with van der Waals surface area (Å²) in [5.74, 6) is 0.0711. The van der Waals surface area contributed by atoms with E-state index in [0.29, 0.717) is 0 Å². The van der Waals surface area contributed by atoms with Gasteiger partial charge in [-0.3, -0.25) is 4.79 Å². The van der Waals surface area contributed by atoms with Crippen LogP contribution in [-0.2, 0) is 6.42 Å². The van der Waals surface area contributed by atoms with Crippen molar-refractivity contribution >= 4 is 17.3 Å². The summed E-state index contributed by atoms with van der Waals surface area (Å²) >= 11 is 0. The van der Waals surface area contributed by atoms with Crippen LogP contribution in [0.15, 0.2) is 30.6 Å². The number of piperidine rings is 1. The molecule has 1 fully saturated rings. The SMILES string of the molecule is Cc1ccc(N2CCC(N)CC2)c(CC(=O)c2nccnc2N)c1. The van der Waals surface area contributed by atoms with Crippen molar-refractivity contribution in [1.82, 2.24) is 9.97 Å². The summed E-state index contributed by atoms with van der Waals surface area (Å²) in [6.07, 6.45) is 5.19. The molecule has 4 N–H and O–H groups in total. The third-order valence-electron chi connectivity index (χ3n) is 4.46. The van der Waals surface area contributed by atoms with Crippen molar-refractivity contribution in [2.45, 2.75) is 32.2 Å². The van der Waals surface area contributed by atoms with Gasteiger partial charge < -0.3 is 16.4 Å². The number of anilines is 2. The van der Waals surface area contributed by atoms with Crippen LogP contribution in [0.5, 0.6) is 0 Å². The zero-order valence-electron chi connectivity index (χ0n) is 13.9. The number of rotatable bonds is 4. The van der Waals surface area contributed by atoms with Crippen LogP contribution in [-0.4, -0.2) is 34.9 Å². The molecule has 2 heterocycles. The highest BCUT2D eigenvalue weighted by molar-refractivity contribution is 5.99. The summed E-state index contributed by atoms with van der Waals surface area (Å²) in [6, 6.07) is 6.51. The Hall–Kier alpha value is -2.47. The fraction of sp³-hybridized carbons (Fsp3) is 0.389. The molecule has 0 spiro atoms. The van der Waals surface area contributed by atoms with Gasteiger partial charge in [-0.25, -0.2) is 9.97 Å². The molecule has 0 aliphatic carbocycles. The average Bonchev–Trinajstić information content (AvgIpc) is 2.56. The molecule has 6 heteroatoms. The number of aryl methyl sites for hydroxylation is 1. The molecule has 0 amide bonds. The maximum Gasteiger partial charge on any atom is 0.189 e. The monoisotopic (exact) mass is 325 g/mol. The number of hydrogen-bond donors (Lipinski definition) is 2. The molecule has 1 aliphatic rings. The number of carbonyl (C=O) groups excluding carboxylic acids is 1. The van der Waals surface area contributed by atoms with Crippen LogP contribution in [0.3, 0.4) is 0 Å². The molecular weight excluding hydrogens is 302 g/mol. The quantitative estimate of drug-likeness (QED) is 0.831. The Balaban J connectivity index is 1.86. The van der Waals surface area contributed by atoms with Crippen molar-refractivity contribution < 1.29 is 4.79 Å². The summed E-state index contributed by atoms with van der Waals surface area (Å²) < 4.78 is 0. The molecule has 0 atom stereocenters. The van der Waals surface area contributed by atoms with Gasteiger partial charge in [-0.2, -0.15) is 0 Å². The summed E-state index contributed by atoms with van der Waals surface area (Å²) in [6.45, 7) is 3.86. The lowest BCUT2D eigenvalue weighted by molar-refractivity contribution is 0.0989. The highest BCUT2D eigenvalue weighted by Crippen LogP contribution is 2.26. The second-order valence-corrected chi connectivity index (χ2v) is 6.35. The van der Waals surface area contributed by atoms with E-state index < -0.39 is 0 Å². The lowest BCUT2D eigenvalue weighted by atomic mass is 9.99. The smallest absolute Gasteiger partial charge is 0.189 e. The molecule has 0 radical (unpaired) electrons. The van der Waals surface area contributed by atoms with Crippen molar-refractivity contribution in [3.05, 3.63) is 47.4 Å². The molecular formula is C18H23N5O. The van der Waals surface area contributed by atoms with E-state index in [-0.39, 0.29) is 29.8 Å². The standard InChI is InChI=1S/C18H23N5O/c1-12-2-3-15(23-8-4-14(19)5-9-23)13(10-12)11-16(24)17-18(20)22-7-6-21-17/h2-3,6-7,10,14H,4-5,8-9,11,19H2,1H3,(H2,20,22). The minimum absolute atomic E-state index is 0.110. The van der Waals surface area contributed by atoms with Crippen LogP contribution in [0.4, 0.5) is 11.5 Å². The third-order valence-corrected chi connectivity index (χ3v) is 4.46. The largest absolute Gasteiger partial charge is 0.382 e. The maximum atomic E-state index is 12.6. The number of Topliss-reactive ketones (excluding diaryl/α,β-unsaturated/α-hetero) is 1. The topological polar surface area (TPSA) is 98.1 Å². The molecule has 2 aromatic rings. The Labute approximate surface area is 141 Å². The first-order valence-corrected chi connectivity index (χ1v) is 8.24. The van der Waals surface area contributed by atoms with Gasteiger partial charge in [-0.15, -0.1) is 0 Å². The number of nitrogens with two attached hydrogens (primary N) is 2. The van der Waals surface area contributed by atoms with Gasteiger partial charge in [0.15, 0.2) is 11.6 Å². The summed E-state index contributed by atoms with van der Waals surface area (Å²) in [5.41, 5.74) is 15.3. The number of nitrogens with zero attached hydrogens (tertiary/aromatic N) is 3. The minimum Gasteiger partial charge on any atom is -0.382 e. The van der Waals surface area contributed by atoms with E-state index in [0.717, 1.165) is 42.7 Å². The van der Waals surface area contributed by atoms with Crippen LogP contribution in [0, 0.1) is 6.92 Å². The van der Waals surface area contributed by atoms with E-state index in [1.165, 1.54) is 12.4 Å². The number of aromatic nitrogens is 2. The Morgan fingerprint density at radius 2 is 1.96 bits per heavy atom. The molecule has 0 unspecified atom stereocenters. The minimum atomic E-state index is -0.110. The van der Waals surface area contributed by atoms with Gasteiger partial charge >= 0.3 is 0 Å². The van der Waals surface area contributed by atoms with E-state index in [2.05, 4.69) is 33.1 Å². The van der Waals surface area contributed by atoms with E-state index in [9.17, 15) is 4.79 Å². The van der Waals surface area contributed by atoms with Crippen LogP contribution >= 0.6 is 0 Å². The summed E-state index contributed by atoms with van der Waals surface area (Å²) in [7, 11) is 0. The molecule has 3 rings (SSSR count). The maximum absolute atomic E-state index is 12.6. The number of benzene rings is 1. The molecule has 0 bridgehead atoms. The number of carbonyl (C=O) groups is 1. The lowest BCUT2D eigenvalue weighted by Crippen LogP contribution is -2.40. The van der Waals surface area contributed by atoms with Gasteiger partial charge in [0.1, 0.15) is 5.69 Å². The first-order chi connectivity index (χ1) is 11.5. The third kappa shape index (κ3) is 3.54. The van der Waals surface area contributed by atoms with Gasteiger partial charge in [0.05, 0.1) is 0 Å². The molecule has 1 aromatic heterocycles. The van der Waals surface area contributed by atoms with Crippen molar-refractivity contribution in [2.75, 3.05) is 23.7 Å². The van der Waals surface area contributed by atoms with Gasteiger partial charge in [0.2, 0.25) is 0 Å². The highest BCUT2D eigenvalue weighted by Gasteiger charge is 2.21. The first kappa shape index (κ1) is 16.4. The average molecular weight is 325 g/mol. The predicted octanol–water partition coefficient (Wildman–Crippen LogP) is 1.72. The fourth-order valence-electron chi connectivity index (χ4n) is 3.13. The van der Waals surface area contributed by atoms with Gasteiger partial charge in [-0.05, 0) is 31.4 Å². The van der Waals surface area contributed by atoms with Gasteiger partial charge in [-0.1, -0.05) is 17.7 Å². The van der Waals surface area contributed by atoms with Crippen molar-refractivity contribution in [3.8, 4) is 0 Å². The highest BCUT2D eigenvalue weighted by atomic mass is 16.1. The molecule has 0 saturated carbocycles. The molecule has 126 valence electrons. The van der Waals surface area contributed by atoms with E-state index >= 15 is 0 Å². The van der Waals surface area contributed by atoms with Crippen LogP contribution < -0.4 is 16.4 Å². The van der Waals surface area contributed by atoms with Crippen molar-refractivity contribution in [1.29, 1.82) is 0 Å². The zero-order valence-corrected chi connectivity index (χ0v) is 13.9. The molecule has 6 nitrogen and oxygen atoms in total.